The zero-order valence-corrected chi connectivity index (χ0v) is 10.2. The van der Waals surface area contributed by atoms with Crippen LogP contribution >= 0.6 is 0 Å². The SMILES string of the molecule is CON(C(C)C)C1OC(CO)[C@H](O)[C@@H](O)C1O. The summed E-state index contributed by atoms with van der Waals surface area (Å²) < 4.78 is 5.34. The second-order valence-corrected chi connectivity index (χ2v) is 4.36. The van der Waals surface area contributed by atoms with E-state index in [2.05, 4.69) is 0 Å². The third kappa shape index (κ3) is 2.94. The van der Waals surface area contributed by atoms with E-state index in [1.54, 1.807) is 0 Å². The van der Waals surface area contributed by atoms with Gasteiger partial charge in [0.1, 0.15) is 24.4 Å². The Morgan fingerprint density at radius 2 is 1.76 bits per heavy atom. The van der Waals surface area contributed by atoms with Gasteiger partial charge in [-0.3, -0.25) is 4.84 Å². The minimum Gasteiger partial charge on any atom is -0.394 e. The molecule has 0 spiro atoms. The lowest BCUT2D eigenvalue weighted by Gasteiger charge is -2.44. The van der Waals surface area contributed by atoms with Crippen LogP contribution < -0.4 is 0 Å². The molecule has 1 rings (SSSR count). The highest BCUT2D eigenvalue weighted by Gasteiger charge is 2.46. The predicted molar refractivity (Wildman–Crippen MR) is 57.8 cm³/mol. The van der Waals surface area contributed by atoms with Gasteiger partial charge in [0.15, 0.2) is 6.23 Å². The Balaban J connectivity index is 2.84. The van der Waals surface area contributed by atoms with E-state index in [9.17, 15) is 15.3 Å². The molecule has 17 heavy (non-hydrogen) atoms. The van der Waals surface area contributed by atoms with Gasteiger partial charge in [-0.15, -0.1) is 0 Å². The maximum Gasteiger partial charge on any atom is 0.162 e. The Hall–Kier alpha value is -0.280. The molecule has 1 aliphatic heterocycles. The molecule has 0 aromatic rings. The number of ether oxygens (including phenoxy) is 1. The van der Waals surface area contributed by atoms with Crippen LogP contribution in [0.4, 0.5) is 0 Å². The Labute approximate surface area is 100 Å². The highest BCUT2D eigenvalue weighted by atomic mass is 16.7. The molecule has 0 aromatic heterocycles. The third-order valence-electron chi connectivity index (χ3n) is 2.84. The minimum atomic E-state index is -1.39. The van der Waals surface area contributed by atoms with E-state index in [1.807, 2.05) is 13.8 Å². The smallest absolute Gasteiger partial charge is 0.162 e. The van der Waals surface area contributed by atoms with E-state index in [0.717, 1.165) is 0 Å². The molecule has 0 radical (unpaired) electrons. The van der Waals surface area contributed by atoms with E-state index in [4.69, 9.17) is 14.7 Å². The summed E-state index contributed by atoms with van der Waals surface area (Å²) in [7, 11) is 1.42. The average Bonchev–Trinajstić information content (AvgIpc) is 2.29. The van der Waals surface area contributed by atoms with Crippen LogP contribution in [0.15, 0.2) is 0 Å². The van der Waals surface area contributed by atoms with Gasteiger partial charge in [-0.1, -0.05) is 0 Å². The lowest BCUT2D eigenvalue weighted by molar-refractivity contribution is -0.336. The van der Waals surface area contributed by atoms with Gasteiger partial charge in [0, 0.05) is 6.04 Å². The monoisotopic (exact) mass is 251 g/mol. The molecule has 4 N–H and O–H groups in total. The highest BCUT2D eigenvalue weighted by molar-refractivity contribution is 4.91. The summed E-state index contributed by atoms with van der Waals surface area (Å²) in [6.07, 6.45) is -5.90. The standard InChI is InChI=1S/C10H21NO6/c1-5(2)11(16-3)10-9(15)8(14)7(13)6(4-12)17-10/h5-10,12-15H,4H2,1-3H3/t6?,7-,8+,9?,10?/m0/s1. The fourth-order valence-corrected chi connectivity index (χ4v) is 1.90. The van der Waals surface area contributed by atoms with Gasteiger partial charge in [-0.05, 0) is 13.8 Å². The van der Waals surface area contributed by atoms with Crippen LogP contribution in [0.2, 0.25) is 0 Å². The summed E-state index contributed by atoms with van der Waals surface area (Å²) in [5, 5.41) is 39.5. The normalized spacial score (nSPS) is 39.0. The third-order valence-corrected chi connectivity index (χ3v) is 2.84. The van der Waals surface area contributed by atoms with Crippen molar-refractivity contribution in [3.8, 4) is 0 Å². The van der Waals surface area contributed by atoms with Gasteiger partial charge in [0.05, 0.1) is 13.7 Å². The van der Waals surface area contributed by atoms with Gasteiger partial charge in [0.25, 0.3) is 0 Å². The molecular weight excluding hydrogens is 230 g/mol. The van der Waals surface area contributed by atoms with Gasteiger partial charge in [0.2, 0.25) is 0 Å². The molecular formula is C10H21NO6. The van der Waals surface area contributed by atoms with E-state index >= 15 is 0 Å². The fraction of sp³-hybridized carbons (Fsp3) is 1.00. The van der Waals surface area contributed by atoms with E-state index in [-0.39, 0.29) is 6.04 Å². The maximum absolute atomic E-state index is 9.83. The molecule has 0 aliphatic carbocycles. The first kappa shape index (κ1) is 14.8. The quantitative estimate of drug-likeness (QED) is 0.431. The summed E-state index contributed by atoms with van der Waals surface area (Å²) in [6.45, 7) is 3.20. The zero-order chi connectivity index (χ0) is 13.2. The van der Waals surface area contributed by atoms with E-state index in [0.29, 0.717) is 0 Å². The predicted octanol–water partition coefficient (Wildman–Crippen LogP) is -1.94. The van der Waals surface area contributed by atoms with Crippen LogP contribution in [0.25, 0.3) is 0 Å². The lowest BCUT2D eigenvalue weighted by atomic mass is 9.98. The highest BCUT2D eigenvalue weighted by Crippen LogP contribution is 2.24. The van der Waals surface area contributed by atoms with Crippen molar-refractivity contribution in [2.75, 3.05) is 13.7 Å². The first-order valence-corrected chi connectivity index (χ1v) is 5.57. The Morgan fingerprint density at radius 1 is 1.18 bits per heavy atom. The maximum atomic E-state index is 9.83. The number of aliphatic hydroxyl groups is 4. The summed E-state index contributed by atoms with van der Waals surface area (Å²) >= 11 is 0. The number of hydroxylamine groups is 2. The van der Waals surface area contributed by atoms with Gasteiger partial charge in [-0.25, -0.2) is 0 Å². The number of nitrogens with zero attached hydrogens (tertiary/aromatic N) is 1. The molecule has 1 saturated heterocycles. The van der Waals surface area contributed by atoms with Crippen molar-refractivity contribution in [1.29, 1.82) is 0 Å². The molecule has 102 valence electrons. The lowest BCUT2D eigenvalue weighted by Crippen LogP contribution is -2.63. The molecule has 5 atom stereocenters. The molecule has 0 aromatic carbocycles. The van der Waals surface area contributed by atoms with Gasteiger partial charge in [-0.2, -0.15) is 5.06 Å². The van der Waals surface area contributed by atoms with E-state index in [1.165, 1.54) is 12.2 Å². The summed E-state index contributed by atoms with van der Waals surface area (Å²) in [6, 6.07) is -0.0959. The minimum absolute atomic E-state index is 0.0959. The number of aliphatic hydroxyl groups excluding tert-OH is 4. The van der Waals surface area contributed by atoms with E-state index < -0.39 is 37.3 Å². The van der Waals surface area contributed by atoms with Crippen LogP contribution in [0.1, 0.15) is 13.8 Å². The van der Waals surface area contributed by atoms with Crippen LogP contribution in [-0.2, 0) is 9.57 Å². The first-order valence-electron chi connectivity index (χ1n) is 5.57. The number of hydrogen-bond acceptors (Lipinski definition) is 7. The van der Waals surface area contributed by atoms with Crippen molar-refractivity contribution in [3.05, 3.63) is 0 Å². The number of hydrogen-bond donors (Lipinski definition) is 4. The van der Waals surface area contributed by atoms with Crippen molar-refractivity contribution in [2.45, 2.75) is 50.5 Å². The van der Waals surface area contributed by atoms with Crippen molar-refractivity contribution in [1.82, 2.24) is 5.06 Å². The van der Waals surface area contributed by atoms with Crippen molar-refractivity contribution < 1.29 is 30.0 Å². The van der Waals surface area contributed by atoms with Crippen molar-refractivity contribution in [3.63, 3.8) is 0 Å². The zero-order valence-electron chi connectivity index (χ0n) is 10.2. The molecule has 0 amide bonds. The second kappa shape index (κ2) is 6.05. The topological polar surface area (TPSA) is 103 Å². The van der Waals surface area contributed by atoms with Gasteiger partial charge >= 0.3 is 0 Å². The molecule has 1 aliphatic rings. The Morgan fingerprint density at radius 3 is 2.18 bits per heavy atom. The second-order valence-electron chi connectivity index (χ2n) is 4.36. The Bertz CT molecular complexity index is 237. The van der Waals surface area contributed by atoms with Crippen LogP contribution in [0, 0.1) is 0 Å². The summed E-state index contributed by atoms with van der Waals surface area (Å²) in [5.41, 5.74) is 0. The van der Waals surface area contributed by atoms with Crippen molar-refractivity contribution in [2.24, 2.45) is 0 Å². The number of rotatable bonds is 4. The van der Waals surface area contributed by atoms with Crippen LogP contribution in [0.3, 0.4) is 0 Å². The largest absolute Gasteiger partial charge is 0.394 e. The summed E-state index contributed by atoms with van der Waals surface area (Å²) in [4.78, 5) is 5.07. The molecule has 7 heteroatoms. The van der Waals surface area contributed by atoms with Crippen LogP contribution in [0.5, 0.6) is 0 Å². The van der Waals surface area contributed by atoms with Crippen molar-refractivity contribution >= 4 is 0 Å². The fourth-order valence-electron chi connectivity index (χ4n) is 1.90. The average molecular weight is 251 g/mol. The van der Waals surface area contributed by atoms with Crippen LogP contribution in [-0.4, -0.2) is 75.9 Å². The summed E-state index contributed by atoms with van der Waals surface area (Å²) in [5.74, 6) is 0. The molecule has 1 heterocycles. The Kier molecular flexibility index (Phi) is 5.26. The molecule has 0 bridgehead atoms. The molecule has 3 unspecified atom stereocenters. The first-order chi connectivity index (χ1) is 7.93. The molecule has 1 fully saturated rings. The molecule has 0 saturated carbocycles. The van der Waals surface area contributed by atoms with Gasteiger partial charge < -0.3 is 25.2 Å². The molecule has 7 nitrogen and oxygen atoms in total.